The molecule has 0 spiro atoms. The minimum atomic E-state index is -0.402. The highest BCUT2D eigenvalue weighted by Gasteiger charge is 2.02. The van der Waals surface area contributed by atoms with Gasteiger partial charge in [0.2, 0.25) is 0 Å². The minimum Gasteiger partial charge on any atom is -0.490 e. The number of rotatable bonds is 8. The van der Waals surface area contributed by atoms with E-state index in [9.17, 15) is 13.6 Å². The summed E-state index contributed by atoms with van der Waals surface area (Å²) in [7, 11) is 0. The van der Waals surface area contributed by atoms with Crippen molar-refractivity contribution in [3.05, 3.63) is 65.7 Å². The first-order chi connectivity index (χ1) is 11.6. The van der Waals surface area contributed by atoms with Gasteiger partial charge in [-0.3, -0.25) is 0 Å². The number of ether oxygens (including phenoxy) is 1. The maximum absolute atomic E-state index is 13.3. The lowest BCUT2D eigenvalue weighted by molar-refractivity contribution is 0.239. The van der Waals surface area contributed by atoms with E-state index >= 15 is 0 Å². The molecule has 0 unspecified atom stereocenters. The fourth-order valence-corrected chi connectivity index (χ4v) is 2.09. The number of carbonyl (C=O) groups is 1. The minimum absolute atomic E-state index is 0.206. The van der Waals surface area contributed by atoms with Gasteiger partial charge in [0.05, 0.1) is 6.61 Å². The van der Waals surface area contributed by atoms with E-state index in [1.807, 2.05) is 6.07 Å². The SMILES string of the molecule is O=C(NCCCOc1ccccc1F)NCCc1cccc(F)c1. The van der Waals surface area contributed by atoms with Gasteiger partial charge in [-0.05, 0) is 42.7 Å². The van der Waals surface area contributed by atoms with Crippen molar-refractivity contribution in [2.24, 2.45) is 0 Å². The molecule has 24 heavy (non-hydrogen) atoms. The molecule has 0 aliphatic carbocycles. The molecule has 2 aromatic rings. The summed E-state index contributed by atoms with van der Waals surface area (Å²) < 4.78 is 31.6. The van der Waals surface area contributed by atoms with Gasteiger partial charge in [0.25, 0.3) is 0 Å². The molecular formula is C18H20F2N2O2. The van der Waals surface area contributed by atoms with Crippen molar-refractivity contribution in [3.63, 3.8) is 0 Å². The van der Waals surface area contributed by atoms with Crippen LogP contribution in [0.1, 0.15) is 12.0 Å². The molecule has 2 amide bonds. The molecule has 128 valence electrons. The standard InChI is InChI=1S/C18H20F2N2O2/c19-15-6-3-5-14(13-15)9-11-22-18(23)21-10-4-12-24-17-8-2-1-7-16(17)20/h1-3,5-8,13H,4,9-12H2,(H2,21,22,23). The summed E-state index contributed by atoms with van der Waals surface area (Å²) in [6, 6.07) is 12.2. The van der Waals surface area contributed by atoms with E-state index in [0.717, 1.165) is 5.56 Å². The number of hydrogen-bond donors (Lipinski definition) is 2. The maximum atomic E-state index is 13.3. The highest BCUT2D eigenvalue weighted by Crippen LogP contribution is 2.15. The van der Waals surface area contributed by atoms with Crippen molar-refractivity contribution in [3.8, 4) is 5.75 Å². The van der Waals surface area contributed by atoms with E-state index < -0.39 is 5.82 Å². The Kier molecular flexibility index (Phi) is 7.01. The largest absolute Gasteiger partial charge is 0.490 e. The molecule has 2 N–H and O–H groups in total. The number of para-hydroxylation sites is 1. The second kappa shape index (κ2) is 9.50. The Morgan fingerprint density at radius 1 is 1.00 bits per heavy atom. The third kappa shape index (κ3) is 6.24. The Morgan fingerprint density at radius 2 is 1.79 bits per heavy atom. The second-order valence-electron chi connectivity index (χ2n) is 5.20. The first-order valence-electron chi connectivity index (χ1n) is 7.78. The molecule has 0 bridgehead atoms. The first kappa shape index (κ1) is 17.7. The number of benzene rings is 2. The highest BCUT2D eigenvalue weighted by molar-refractivity contribution is 5.73. The molecule has 0 fully saturated rings. The van der Waals surface area contributed by atoms with Gasteiger partial charge in [-0.1, -0.05) is 24.3 Å². The smallest absolute Gasteiger partial charge is 0.314 e. The lowest BCUT2D eigenvalue weighted by atomic mass is 10.1. The lowest BCUT2D eigenvalue weighted by Crippen LogP contribution is -2.37. The fourth-order valence-electron chi connectivity index (χ4n) is 2.09. The van der Waals surface area contributed by atoms with Crippen LogP contribution in [0.5, 0.6) is 5.75 Å². The van der Waals surface area contributed by atoms with Gasteiger partial charge in [0, 0.05) is 13.1 Å². The maximum Gasteiger partial charge on any atom is 0.314 e. The summed E-state index contributed by atoms with van der Waals surface area (Å²) in [5.41, 5.74) is 0.827. The predicted octanol–water partition coefficient (Wildman–Crippen LogP) is 3.28. The van der Waals surface area contributed by atoms with Crippen molar-refractivity contribution in [1.82, 2.24) is 10.6 Å². The zero-order valence-corrected chi connectivity index (χ0v) is 13.2. The number of urea groups is 1. The molecule has 0 aliphatic rings. The van der Waals surface area contributed by atoms with Gasteiger partial charge < -0.3 is 15.4 Å². The monoisotopic (exact) mass is 334 g/mol. The lowest BCUT2D eigenvalue weighted by Gasteiger charge is -2.09. The Balaban J connectivity index is 1.54. The van der Waals surface area contributed by atoms with Gasteiger partial charge >= 0.3 is 6.03 Å². The van der Waals surface area contributed by atoms with E-state index in [0.29, 0.717) is 32.5 Å². The van der Waals surface area contributed by atoms with E-state index in [-0.39, 0.29) is 17.6 Å². The van der Waals surface area contributed by atoms with E-state index in [1.54, 1.807) is 24.3 Å². The quantitative estimate of drug-likeness (QED) is 0.728. The average molecular weight is 334 g/mol. The van der Waals surface area contributed by atoms with E-state index in [2.05, 4.69) is 10.6 Å². The summed E-state index contributed by atoms with van der Waals surface area (Å²) in [5.74, 6) is -0.482. The molecule has 6 heteroatoms. The van der Waals surface area contributed by atoms with Crippen molar-refractivity contribution >= 4 is 6.03 Å². The number of carbonyl (C=O) groups excluding carboxylic acids is 1. The van der Waals surface area contributed by atoms with E-state index in [1.165, 1.54) is 18.2 Å². The van der Waals surface area contributed by atoms with Crippen molar-refractivity contribution < 1.29 is 18.3 Å². The summed E-state index contributed by atoms with van der Waals surface area (Å²) in [6.45, 7) is 1.14. The number of amides is 2. The topological polar surface area (TPSA) is 50.4 Å². The van der Waals surface area contributed by atoms with Crippen LogP contribution in [0, 0.1) is 11.6 Å². The predicted molar refractivity (Wildman–Crippen MR) is 88.0 cm³/mol. The summed E-state index contributed by atoms with van der Waals surface area (Å²) in [6.07, 6.45) is 1.12. The van der Waals surface area contributed by atoms with Crippen LogP contribution in [0.15, 0.2) is 48.5 Å². The normalized spacial score (nSPS) is 10.2. The summed E-state index contributed by atoms with van der Waals surface area (Å²) in [4.78, 5) is 11.6. The van der Waals surface area contributed by atoms with Gasteiger partial charge in [0.15, 0.2) is 11.6 Å². The number of hydrogen-bond acceptors (Lipinski definition) is 2. The molecule has 0 aliphatic heterocycles. The number of nitrogens with one attached hydrogen (secondary N) is 2. The Labute approximate surface area is 139 Å². The molecule has 0 saturated heterocycles. The Morgan fingerprint density at radius 3 is 2.58 bits per heavy atom. The third-order valence-electron chi connectivity index (χ3n) is 3.29. The molecule has 4 nitrogen and oxygen atoms in total. The molecule has 2 rings (SSSR count). The van der Waals surface area contributed by atoms with Crippen molar-refractivity contribution in [2.75, 3.05) is 19.7 Å². The van der Waals surface area contributed by atoms with Crippen molar-refractivity contribution in [2.45, 2.75) is 12.8 Å². The molecule has 0 atom stereocenters. The molecule has 0 heterocycles. The van der Waals surface area contributed by atoms with Gasteiger partial charge in [-0.2, -0.15) is 0 Å². The molecule has 0 radical (unpaired) electrons. The third-order valence-corrected chi connectivity index (χ3v) is 3.29. The average Bonchev–Trinajstić information content (AvgIpc) is 2.56. The fraction of sp³-hybridized carbons (Fsp3) is 0.278. The van der Waals surface area contributed by atoms with Gasteiger partial charge in [0.1, 0.15) is 5.82 Å². The molecule has 0 aromatic heterocycles. The summed E-state index contributed by atoms with van der Waals surface area (Å²) >= 11 is 0. The van der Waals surface area contributed by atoms with Crippen molar-refractivity contribution in [1.29, 1.82) is 0 Å². The van der Waals surface area contributed by atoms with Crippen LogP contribution in [-0.4, -0.2) is 25.7 Å². The second-order valence-corrected chi connectivity index (χ2v) is 5.20. The van der Waals surface area contributed by atoms with Crippen LogP contribution in [0.2, 0.25) is 0 Å². The number of halogens is 2. The Bertz CT molecular complexity index is 665. The van der Waals surface area contributed by atoms with Crippen LogP contribution in [0.4, 0.5) is 13.6 Å². The van der Waals surface area contributed by atoms with Crippen LogP contribution in [0.25, 0.3) is 0 Å². The van der Waals surface area contributed by atoms with Crippen LogP contribution < -0.4 is 15.4 Å². The zero-order chi connectivity index (χ0) is 17.2. The van der Waals surface area contributed by atoms with Gasteiger partial charge in [-0.15, -0.1) is 0 Å². The molecule has 0 saturated carbocycles. The zero-order valence-electron chi connectivity index (χ0n) is 13.2. The van der Waals surface area contributed by atoms with E-state index in [4.69, 9.17) is 4.74 Å². The van der Waals surface area contributed by atoms with Gasteiger partial charge in [-0.25, -0.2) is 13.6 Å². The van der Waals surface area contributed by atoms with Crippen LogP contribution in [0.3, 0.4) is 0 Å². The van der Waals surface area contributed by atoms with Crippen LogP contribution in [-0.2, 0) is 6.42 Å². The molecular weight excluding hydrogens is 314 g/mol. The molecule has 2 aromatic carbocycles. The van der Waals surface area contributed by atoms with Crippen LogP contribution >= 0.6 is 0 Å². The first-order valence-corrected chi connectivity index (χ1v) is 7.78. The summed E-state index contributed by atoms with van der Waals surface area (Å²) in [5, 5.41) is 5.38. The Hall–Kier alpha value is -2.63. The highest BCUT2D eigenvalue weighted by atomic mass is 19.1.